The van der Waals surface area contributed by atoms with Crippen LogP contribution in [0, 0.1) is 13.8 Å². The minimum Gasteiger partial charge on any atom is -0.461 e. The zero-order valence-electron chi connectivity index (χ0n) is 11.4. The van der Waals surface area contributed by atoms with Crippen molar-refractivity contribution in [1.29, 1.82) is 0 Å². The van der Waals surface area contributed by atoms with Crippen LogP contribution in [0.3, 0.4) is 0 Å². The van der Waals surface area contributed by atoms with E-state index in [0.29, 0.717) is 15.6 Å². The second-order valence-corrected chi connectivity index (χ2v) is 4.61. The molecule has 0 atom stereocenters. The number of aromatic nitrogens is 1. The van der Waals surface area contributed by atoms with Crippen molar-refractivity contribution in [3.05, 3.63) is 27.0 Å². The molecule has 0 aliphatic carbocycles. The van der Waals surface area contributed by atoms with Gasteiger partial charge in [0.15, 0.2) is 11.4 Å². The Kier molecular flexibility index (Phi) is 5.47. The summed E-state index contributed by atoms with van der Waals surface area (Å²) < 4.78 is 10.5. The zero-order chi connectivity index (χ0) is 14.6. The van der Waals surface area contributed by atoms with Gasteiger partial charge in [-0.25, -0.2) is 14.6 Å². The van der Waals surface area contributed by atoms with Gasteiger partial charge in [0.1, 0.15) is 0 Å². The standard InChI is InChI=1S/C13H16BrNO4/c1-5-18-12(16)10-7(3)9(14)8(4)11(15-10)13(17)19-6-2/h5-6H2,1-4H3. The van der Waals surface area contributed by atoms with Crippen LogP contribution in [0.2, 0.25) is 0 Å². The number of carbonyl (C=O) groups is 2. The topological polar surface area (TPSA) is 65.5 Å². The van der Waals surface area contributed by atoms with Gasteiger partial charge >= 0.3 is 11.9 Å². The fourth-order valence-corrected chi connectivity index (χ4v) is 1.94. The monoisotopic (exact) mass is 329 g/mol. The van der Waals surface area contributed by atoms with Crippen LogP contribution in [0.1, 0.15) is 46.0 Å². The van der Waals surface area contributed by atoms with E-state index in [1.165, 1.54) is 0 Å². The summed E-state index contributed by atoms with van der Waals surface area (Å²) in [7, 11) is 0. The molecule has 19 heavy (non-hydrogen) atoms. The molecule has 0 bridgehead atoms. The summed E-state index contributed by atoms with van der Waals surface area (Å²) >= 11 is 3.36. The molecule has 1 heterocycles. The predicted octanol–water partition coefficient (Wildman–Crippen LogP) is 2.81. The van der Waals surface area contributed by atoms with Gasteiger partial charge in [-0.3, -0.25) is 0 Å². The van der Waals surface area contributed by atoms with E-state index in [1.54, 1.807) is 27.7 Å². The summed E-state index contributed by atoms with van der Waals surface area (Å²) in [5.41, 5.74) is 1.54. The van der Waals surface area contributed by atoms with Gasteiger partial charge < -0.3 is 9.47 Å². The second kappa shape index (κ2) is 6.65. The molecule has 0 saturated carbocycles. The number of halogens is 1. The first-order chi connectivity index (χ1) is 8.93. The molecular formula is C13H16BrNO4. The van der Waals surface area contributed by atoms with Crippen molar-refractivity contribution < 1.29 is 19.1 Å². The Morgan fingerprint density at radius 1 is 1.00 bits per heavy atom. The summed E-state index contributed by atoms with van der Waals surface area (Å²) in [4.78, 5) is 27.7. The number of hydrogen-bond donors (Lipinski definition) is 0. The van der Waals surface area contributed by atoms with Gasteiger partial charge in [-0.1, -0.05) is 15.9 Å². The fourth-order valence-electron chi connectivity index (χ4n) is 1.57. The van der Waals surface area contributed by atoms with Crippen LogP contribution in [-0.2, 0) is 9.47 Å². The minimum atomic E-state index is -0.550. The Hall–Kier alpha value is -1.43. The third-order valence-electron chi connectivity index (χ3n) is 2.53. The maximum absolute atomic E-state index is 11.8. The van der Waals surface area contributed by atoms with E-state index >= 15 is 0 Å². The smallest absolute Gasteiger partial charge is 0.357 e. The quantitative estimate of drug-likeness (QED) is 0.794. The van der Waals surface area contributed by atoms with Gasteiger partial charge in [-0.2, -0.15) is 0 Å². The Morgan fingerprint density at radius 2 is 1.37 bits per heavy atom. The zero-order valence-corrected chi connectivity index (χ0v) is 13.0. The maximum atomic E-state index is 11.8. The molecule has 0 unspecified atom stereocenters. The van der Waals surface area contributed by atoms with Crippen molar-refractivity contribution >= 4 is 27.9 Å². The van der Waals surface area contributed by atoms with E-state index in [9.17, 15) is 9.59 Å². The molecule has 0 spiro atoms. The lowest BCUT2D eigenvalue weighted by molar-refractivity contribution is 0.0510. The molecule has 0 saturated heterocycles. The van der Waals surface area contributed by atoms with Crippen LogP contribution in [0.4, 0.5) is 0 Å². The molecule has 1 aromatic rings. The lowest BCUT2D eigenvalue weighted by atomic mass is 10.1. The van der Waals surface area contributed by atoms with E-state index in [2.05, 4.69) is 20.9 Å². The first-order valence-electron chi connectivity index (χ1n) is 5.94. The fraction of sp³-hybridized carbons (Fsp3) is 0.462. The van der Waals surface area contributed by atoms with Gasteiger partial charge in [0.05, 0.1) is 13.2 Å². The molecule has 1 aromatic heterocycles. The molecule has 6 heteroatoms. The Labute approximate surface area is 120 Å². The summed E-state index contributed by atoms with van der Waals surface area (Å²) in [6.07, 6.45) is 0. The highest BCUT2D eigenvalue weighted by Gasteiger charge is 2.22. The van der Waals surface area contributed by atoms with E-state index in [1.807, 2.05) is 0 Å². The average Bonchev–Trinajstić information content (AvgIpc) is 2.36. The minimum absolute atomic E-state index is 0.127. The highest BCUT2D eigenvalue weighted by atomic mass is 79.9. The van der Waals surface area contributed by atoms with Crippen molar-refractivity contribution in [3.8, 4) is 0 Å². The van der Waals surface area contributed by atoms with Crippen LogP contribution in [0.25, 0.3) is 0 Å². The summed E-state index contributed by atoms with van der Waals surface area (Å²) in [5, 5.41) is 0. The molecule has 104 valence electrons. The molecule has 5 nitrogen and oxygen atoms in total. The van der Waals surface area contributed by atoms with Crippen LogP contribution in [-0.4, -0.2) is 30.1 Å². The normalized spacial score (nSPS) is 10.2. The SMILES string of the molecule is CCOC(=O)c1nc(C(=O)OCC)c(C)c(Br)c1C. The van der Waals surface area contributed by atoms with Gasteiger partial charge in [0.25, 0.3) is 0 Å². The van der Waals surface area contributed by atoms with Crippen molar-refractivity contribution in [3.63, 3.8) is 0 Å². The number of hydrogen-bond acceptors (Lipinski definition) is 5. The second-order valence-electron chi connectivity index (χ2n) is 3.81. The molecule has 0 amide bonds. The lowest BCUT2D eigenvalue weighted by Crippen LogP contribution is -2.17. The lowest BCUT2D eigenvalue weighted by Gasteiger charge is -2.12. The first kappa shape index (κ1) is 15.6. The maximum Gasteiger partial charge on any atom is 0.357 e. The molecule has 0 radical (unpaired) electrons. The van der Waals surface area contributed by atoms with Crippen molar-refractivity contribution in [2.45, 2.75) is 27.7 Å². The van der Waals surface area contributed by atoms with E-state index in [0.717, 1.165) is 0 Å². The highest BCUT2D eigenvalue weighted by Crippen LogP contribution is 2.26. The number of pyridine rings is 1. The van der Waals surface area contributed by atoms with Crippen LogP contribution in [0.5, 0.6) is 0 Å². The number of nitrogens with zero attached hydrogens (tertiary/aromatic N) is 1. The van der Waals surface area contributed by atoms with Gasteiger partial charge in [0, 0.05) is 4.47 Å². The first-order valence-corrected chi connectivity index (χ1v) is 6.74. The summed E-state index contributed by atoms with van der Waals surface area (Å²) in [6, 6.07) is 0. The molecule has 0 aromatic carbocycles. The van der Waals surface area contributed by atoms with E-state index < -0.39 is 11.9 Å². The van der Waals surface area contributed by atoms with E-state index in [-0.39, 0.29) is 24.6 Å². The average molecular weight is 330 g/mol. The molecule has 0 N–H and O–H groups in total. The largest absolute Gasteiger partial charge is 0.461 e. The number of esters is 2. The van der Waals surface area contributed by atoms with Crippen LogP contribution in [0.15, 0.2) is 4.47 Å². The number of ether oxygens (including phenoxy) is 2. The Bertz CT molecular complexity index is 472. The van der Waals surface area contributed by atoms with Crippen molar-refractivity contribution in [2.75, 3.05) is 13.2 Å². The molecule has 0 aliphatic rings. The van der Waals surface area contributed by atoms with Gasteiger partial charge in [0.2, 0.25) is 0 Å². The molecule has 0 aliphatic heterocycles. The van der Waals surface area contributed by atoms with Crippen molar-refractivity contribution in [1.82, 2.24) is 4.98 Å². The summed E-state index contributed by atoms with van der Waals surface area (Å²) in [6.45, 7) is 7.41. The van der Waals surface area contributed by atoms with Gasteiger partial charge in [-0.05, 0) is 38.8 Å². The third-order valence-corrected chi connectivity index (χ3v) is 3.72. The number of carbonyl (C=O) groups excluding carboxylic acids is 2. The van der Waals surface area contributed by atoms with Gasteiger partial charge in [-0.15, -0.1) is 0 Å². The third kappa shape index (κ3) is 3.32. The molecule has 0 fully saturated rings. The summed E-state index contributed by atoms with van der Waals surface area (Å²) in [5.74, 6) is -1.10. The molecule has 1 rings (SSSR count). The van der Waals surface area contributed by atoms with Crippen molar-refractivity contribution in [2.24, 2.45) is 0 Å². The molecular weight excluding hydrogens is 314 g/mol. The highest BCUT2D eigenvalue weighted by molar-refractivity contribution is 9.10. The Morgan fingerprint density at radius 3 is 1.68 bits per heavy atom. The Balaban J connectivity index is 3.34. The van der Waals surface area contributed by atoms with Crippen LogP contribution >= 0.6 is 15.9 Å². The van der Waals surface area contributed by atoms with E-state index in [4.69, 9.17) is 9.47 Å². The van der Waals surface area contributed by atoms with Crippen LogP contribution < -0.4 is 0 Å². The number of rotatable bonds is 4. The predicted molar refractivity (Wildman–Crippen MR) is 73.3 cm³/mol.